The van der Waals surface area contributed by atoms with E-state index >= 15 is 0 Å². The van der Waals surface area contributed by atoms with Crippen molar-refractivity contribution in [2.45, 2.75) is 45.1 Å². The minimum atomic E-state index is -0.297. The van der Waals surface area contributed by atoms with E-state index in [4.69, 9.17) is 0 Å². The Morgan fingerprint density at radius 2 is 1.89 bits per heavy atom. The van der Waals surface area contributed by atoms with E-state index in [-0.39, 0.29) is 23.8 Å². The molecule has 184 valence electrons. The maximum Gasteiger partial charge on any atom is 0.252 e. The highest BCUT2D eigenvalue weighted by Crippen LogP contribution is 2.45. The van der Waals surface area contributed by atoms with Gasteiger partial charge in [0.05, 0.1) is 33.2 Å². The zero-order chi connectivity index (χ0) is 25.3. The van der Waals surface area contributed by atoms with Gasteiger partial charge in [-0.2, -0.15) is 0 Å². The summed E-state index contributed by atoms with van der Waals surface area (Å²) in [6.45, 7) is 4.06. The molecule has 6 nitrogen and oxygen atoms in total. The first-order chi connectivity index (χ1) is 17.3. The van der Waals surface area contributed by atoms with Crippen LogP contribution in [-0.4, -0.2) is 21.8 Å². The second kappa shape index (κ2) is 10.2. The van der Waals surface area contributed by atoms with E-state index in [1.807, 2.05) is 48.7 Å². The minimum Gasteiger partial charge on any atom is -0.343 e. The summed E-state index contributed by atoms with van der Waals surface area (Å²) in [6.07, 6.45) is 2.86. The van der Waals surface area contributed by atoms with Crippen LogP contribution >= 0.6 is 38.6 Å². The van der Waals surface area contributed by atoms with Crippen LogP contribution in [0.4, 0.5) is 5.13 Å². The van der Waals surface area contributed by atoms with Gasteiger partial charge in [-0.15, -0.1) is 22.7 Å². The van der Waals surface area contributed by atoms with E-state index in [0.29, 0.717) is 10.7 Å². The smallest absolute Gasteiger partial charge is 0.252 e. The molecule has 1 fully saturated rings. The van der Waals surface area contributed by atoms with Gasteiger partial charge < -0.3 is 10.6 Å². The normalized spacial score (nSPS) is 13.9. The van der Waals surface area contributed by atoms with Crippen molar-refractivity contribution >= 4 is 55.5 Å². The quantitative estimate of drug-likeness (QED) is 0.249. The molecule has 0 radical (unpaired) electrons. The van der Waals surface area contributed by atoms with Crippen LogP contribution in [-0.2, 0) is 23.2 Å². The standard InChI is InChI=1S/C27H25BrN4O2S2/c1-3-23-29-16(2)24(36-23)21-15-35-26(30-21)31-22(33)13-17-11-18(14-20(28)12-17)25(34)32-27(9-10-27)19-7-5-4-6-8-19/h4-8,11-12,14-15H,3,9-10,13H2,1-2H3,(H,32,34)(H,30,31,33). The summed E-state index contributed by atoms with van der Waals surface area (Å²) in [6, 6.07) is 15.5. The third kappa shape index (κ3) is 5.43. The number of amides is 2. The SMILES string of the molecule is CCc1nc(C)c(-c2csc(NC(=O)Cc3cc(Br)cc(C(=O)NC4(c5ccccc5)CC4)c3)n2)s1. The van der Waals surface area contributed by atoms with E-state index in [1.54, 1.807) is 23.5 Å². The summed E-state index contributed by atoms with van der Waals surface area (Å²) in [5, 5.41) is 9.67. The van der Waals surface area contributed by atoms with Gasteiger partial charge in [0.15, 0.2) is 5.13 Å². The summed E-state index contributed by atoms with van der Waals surface area (Å²) in [4.78, 5) is 36.1. The predicted molar refractivity (Wildman–Crippen MR) is 149 cm³/mol. The first kappa shape index (κ1) is 24.8. The Balaban J connectivity index is 1.25. The molecule has 5 rings (SSSR count). The third-order valence-corrected chi connectivity index (χ3v) is 8.68. The average molecular weight is 582 g/mol. The highest BCUT2D eigenvalue weighted by molar-refractivity contribution is 9.10. The van der Waals surface area contributed by atoms with Gasteiger partial charge in [-0.3, -0.25) is 9.59 Å². The number of hydrogen-bond acceptors (Lipinski definition) is 6. The highest BCUT2D eigenvalue weighted by atomic mass is 79.9. The summed E-state index contributed by atoms with van der Waals surface area (Å²) in [5.41, 5.74) is 3.89. The molecule has 0 aliphatic heterocycles. The van der Waals surface area contributed by atoms with Gasteiger partial charge in [0.2, 0.25) is 5.91 Å². The number of aromatic nitrogens is 2. The minimum absolute atomic E-state index is 0.137. The molecule has 0 spiro atoms. The molecular weight excluding hydrogens is 556 g/mol. The number of nitrogens with zero attached hydrogens (tertiary/aromatic N) is 2. The van der Waals surface area contributed by atoms with Gasteiger partial charge in [-0.05, 0) is 55.5 Å². The number of hydrogen-bond donors (Lipinski definition) is 2. The number of carbonyl (C=O) groups excluding carboxylic acids is 2. The highest BCUT2D eigenvalue weighted by Gasteiger charge is 2.45. The number of halogens is 1. The van der Waals surface area contributed by atoms with Crippen molar-refractivity contribution in [3.63, 3.8) is 0 Å². The molecule has 0 bridgehead atoms. The van der Waals surface area contributed by atoms with Crippen molar-refractivity contribution in [3.05, 3.63) is 85.8 Å². The van der Waals surface area contributed by atoms with Crippen molar-refractivity contribution in [2.24, 2.45) is 0 Å². The monoisotopic (exact) mass is 580 g/mol. The Hall–Kier alpha value is -2.88. The lowest BCUT2D eigenvalue weighted by molar-refractivity contribution is -0.115. The summed E-state index contributed by atoms with van der Waals surface area (Å²) in [5.74, 6) is -0.325. The van der Waals surface area contributed by atoms with Gasteiger partial charge in [0.1, 0.15) is 0 Å². The van der Waals surface area contributed by atoms with E-state index < -0.39 is 0 Å². The Labute approximate surface area is 226 Å². The van der Waals surface area contributed by atoms with Crippen LogP contribution in [0, 0.1) is 6.92 Å². The number of nitrogens with one attached hydrogen (secondary N) is 2. The zero-order valence-corrected chi connectivity index (χ0v) is 23.1. The number of benzene rings is 2. The van der Waals surface area contributed by atoms with Gasteiger partial charge >= 0.3 is 0 Å². The first-order valence-electron chi connectivity index (χ1n) is 11.7. The van der Waals surface area contributed by atoms with Gasteiger partial charge in [-0.25, -0.2) is 9.97 Å². The molecule has 4 aromatic rings. The fourth-order valence-corrected chi connectivity index (χ4v) is 6.46. The second-order valence-corrected chi connectivity index (χ2v) is 11.7. The maximum absolute atomic E-state index is 13.1. The Bertz CT molecular complexity index is 1430. The molecule has 2 heterocycles. The van der Waals surface area contributed by atoms with Crippen LogP contribution in [0.15, 0.2) is 58.4 Å². The number of rotatable bonds is 8. The van der Waals surface area contributed by atoms with E-state index in [0.717, 1.165) is 56.1 Å². The fraction of sp³-hybridized carbons (Fsp3) is 0.259. The number of aryl methyl sites for hydroxylation is 2. The summed E-state index contributed by atoms with van der Waals surface area (Å²) in [7, 11) is 0. The molecule has 0 atom stereocenters. The lowest BCUT2D eigenvalue weighted by Crippen LogP contribution is -2.34. The van der Waals surface area contributed by atoms with Crippen molar-refractivity contribution in [1.82, 2.24) is 15.3 Å². The molecule has 2 aromatic carbocycles. The number of thiazole rings is 2. The third-order valence-electron chi connectivity index (χ3n) is 6.14. The Morgan fingerprint density at radius 1 is 1.11 bits per heavy atom. The molecule has 1 aliphatic rings. The van der Waals surface area contributed by atoms with Crippen molar-refractivity contribution in [2.75, 3.05) is 5.32 Å². The molecule has 1 aliphatic carbocycles. The molecule has 2 aromatic heterocycles. The van der Waals surface area contributed by atoms with Crippen LogP contribution in [0.5, 0.6) is 0 Å². The predicted octanol–water partition coefficient (Wildman–Crippen LogP) is 6.50. The summed E-state index contributed by atoms with van der Waals surface area (Å²) < 4.78 is 0.756. The maximum atomic E-state index is 13.1. The molecule has 0 unspecified atom stereocenters. The lowest BCUT2D eigenvalue weighted by atomic mass is 10.0. The Morgan fingerprint density at radius 3 is 2.58 bits per heavy atom. The van der Waals surface area contributed by atoms with E-state index in [2.05, 4.69) is 43.5 Å². The number of anilines is 1. The van der Waals surface area contributed by atoms with Gasteiger partial charge in [0.25, 0.3) is 5.91 Å². The van der Waals surface area contributed by atoms with Crippen LogP contribution in [0.25, 0.3) is 10.6 Å². The molecular formula is C27H25BrN4O2S2. The zero-order valence-electron chi connectivity index (χ0n) is 19.9. The van der Waals surface area contributed by atoms with Gasteiger partial charge in [-0.1, -0.05) is 53.2 Å². The van der Waals surface area contributed by atoms with Crippen LogP contribution < -0.4 is 10.6 Å². The first-order valence-corrected chi connectivity index (χ1v) is 14.2. The van der Waals surface area contributed by atoms with Crippen molar-refractivity contribution in [1.29, 1.82) is 0 Å². The van der Waals surface area contributed by atoms with E-state index in [1.165, 1.54) is 11.3 Å². The largest absolute Gasteiger partial charge is 0.343 e. The summed E-state index contributed by atoms with van der Waals surface area (Å²) >= 11 is 6.53. The Kier molecular flexibility index (Phi) is 7.05. The van der Waals surface area contributed by atoms with Crippen LogP contribution in [0.2, 0.25) is 0 Å². The van der Waals surface area contributed by atoms with Gasteiger partial charge in [0, 0.05) is 15.4 Å². The van der Waals surface area contributed by atoms with Crippen molar-refractivity contribution < 1.29 is 9.59 Å². The molecule has 36 heavy (non-hydrogen) atoms. The lowest BCUT2D eigenvalue weighted by Gasteiger charge is -2.18. The molecule has 1 saturated carbocycles. The second-order valence-electron chi connectivity index (χ2n) is 8.89. The number of carbonyl (C=O) groups is 2. The fourth-order valence-electron chi connectivity index (χ4n) is 4.17. The molecule has 2 amide bonds. The van der Waals surface area contributed by atoms with Crippen LogP contribution in [0.3, 0.4) is 0 Å². The molecule has 9 heteroatoms. The average Bonchev–Trinajstić information content (AvgIpc) is 3.32. The van der Waals surface area contributed by atoms with E-state index in [9.17, 15) is 9.59 Å². The van der Waals surface area contributed by atoms with Crippen LogP contribution in [0.1, 0.15) is 52.0 Å². The van der Waals surface area contributed by atoms with Crippen molar-refractivity contribution in [3.8, 4) is 10.6 Å². The molecule has 2 N–H and O–H groups in total. The topological polar surface area (TPSA) is 84.0 Å². The molecule has 0 saturated heterocycles.